The summed E-state index contributed by atoms with van der Waals surface area (Å²) in [4.78, 5) is 21.9. The van der Waals surface area contributed by atoms with E-state index in [0.717, 1.165) is 0 Å². The third kappa shape index (κ3) is 4.26. The van der Waals surface area contributed by atoms with Gasteiger partial charge in [-0.25, -0.2) is 0 Å². The molecule has 80 valence electrons. The third-order valence-corrected chi connectivity index (χ3v) is 1.73. The summed E-state index contributed by atoms with van der Waals surface area (Å²) >= 11 is 0. The van der Waals surface area contributed by atoms with Crippen molar-refractivity contribution in [2.24, 2.45) is 0 Å². The van der Waals surface area contributed by atoms with E-state index < -0.39 is 0 Å². The van der Waals surface area contributed by atoms with E-state index in [2.05, 4.69) is 10.1 Å². The average molecular weight is 207 g/mol. The van der Waals surface area contributed by atoms with Gasteiger partial charge in [-0.2, -0.15) is 0 Å². The Labute approximate surface area is 88.2 Å². The summed E-state index contributed by atoms with van der Waals surface area (Å²) in [5.41, 5.74) is 0.598. The Kier molecular flexibility index (Phi) is 4.34. The van der Waals surface area contributed by atoms with Gasteiger partial charge >= 0.3 is 5.97 Å². The number of rotatable bonds is 4. The van der Waals surface area contributed by atoms with E-state index in [1.54, 1.807) is 24.3 Å². The number of hydrogen-bond donors (Lipinski definition) is 1. The fraction of sp³-hybridized carbons (Fsp3) is 0.273. The number of carbonyl (C=O) groups is 2. The number of esters is 1. The maximum absolute atomic E-state index is 11.4. The minimum atomic E-state index is -0.344. The first-order valence-corrected chi connectivity index (χ1v) is 4.67. The Bertz CT molecular complexity index is 335. The maximum Gasteiger partial charge on any atom is 0.302 e. The van der Waals surface area contributed by atoms with Crippen LogP contribution in [0.3, 0.4) is 0 Å². The van der Waals surface area contributed by atoms with Crippen molar-refractivity contribution in [2.45, 2.75) is 6.92 Å². The Morgan fingerprint density at radius 3 is 2.53 bits per heavy atom. The van der Waals surface area contributed by atoms with Gasteiger partial charge in [0, 0.05) is 12.5 Å². The van der Waals surface area contributed by atoms with Crippen LogP contribution >= 0.6 is 0 Å². The molecule has 0 heterocycles. The molecule has 0 bridgehead atoms. The molecule has 4 heteroatoms. The molecule has 15 heavy (non-hydrogen) atoms. The summed E-state index contributed by atoms with van der Waals surface area (Å²) in [6, 6.07) is 8.87. The van der Waals surface area contributed by atoms with Crippen LogP contribution in [0.1, 0.15) is 17.3 Å². The molecule has 0 saturated heterocycles. The van der Waals surface area contributed by atoms with E-state index in [0.29, 0.717) is 12.1 Å². The van der Waals surface area contributed by atoms with Gasteiger partial charge in [0.25, 0.3) is 5.91 Å². The van der Waals surface area contributed by atoms with Crippen LogP contribution in [-0.2, 0) is 9.53 Å². The van der Waals surface area contributed by atoms with Crippen LogP contribution < -0.4 is 5.32 Å². The predicted octanol–water partition coefficient (Wildman–Crippen LogP) is 0.979. The van der Waals surface area contributed by atoms with Crippen LogP contribution in [-0.4, -0.2) is 25.0 Å². The first kappa shape index (κ1) is 11.2. The topological polar surface area (TPSA) is 55.4 Å². The van der Waals surface area contributed by atoms with Crippen molar-refractivity contribution in [3.05, 3.63) is 35.9 Å². The summed E-state index contributed by atoms with van der Waals surface area (Å²) in [5, 5.41) is 2.64. The van der Waals surface area contributed by atoms with Gasteiger partial charge in [-0.1, -0.05) is 18.2 Å². The van der Waals surface area contributed by atoms with Crippen molar-refractivity contribution in [2.75, 3.05) is 13.2 Å². The van der Waals surface area contributed by atoms with Crippen LogP contribution in [0.15, 0.2) is 30.3 Å². The van der Waals surface area contributed by atoms with Crippen LogP contribution in [0, 0.1) is 0 Å². The second-order valence-corrected chi connectivity index (χ2v) is 2.96. The maximum atomic E-state index is 11.4. The van der Waals surface area contributed by atoms with Crippen LogP contribution in [0.2, 0.25) is 0 Å². The lowest BCUT2D eigenvalue weighted by atomic mass is 10.2. The standard InChI is InChI=1S/C11H13NO3/c1-9(13)15-8-7-12-11(14)10-5-3-2-4-6-10/h2-6H,7-8H2,1H3,(H,12,14). The molecule has 1 rings (SSSR count). The third-order valence-electron chi connectivity index (χ3n) is 1.73. The molecule has 0 saturated carbocycles. The summed E-state index contributed by atoms with van der Waals surface area (Å²) < 4.78 is 4.67. The first-order valence-electron chi connectivity index (χ1n) is 4.67. The average Bonchev–Trinajstić information content (AvgIpc) is 2.25. The molecule has 0 aliphatic heterocycles. The zero-order valence-electron chi connectivity index (χ0n) is 8.53. The molecule has 0 atom stereocenters. The molecule has 0 unspecified atom stereocenters. The lowest BCUT2D eigenvalue weighted by molar-refractivity contribution is -0.140. The molecule has 0 fully saturated rings. The highest BCUT2D eigenvalue weighted by atomic mass is 16.5. The van der Waals surface area contributed by atoms with Crippen LogP contribution in [0.25, 0.3) is 0 Å². The SMILES string of the molecule is CC(=O)OCCNC(=O)c1ccccc1. The van der Waals surface area contributed by atoms with Crippen molar-refractivity contribution in [3.63, 3.8) is 0 Å². The summed E-state index contributed by atoms with van der Waals surface area (Å²) in [5.74, 6) is -0.508. The van der Waals surface area contributed by atoms with E-state index >= 15 is 0 Å². The van der Waals surface area contributed by atoms with Crippen molar-refractivity contribution in [3.8, 4) is 0 Å². The number of carbonyl (C=O) groups excluding carboxylic acids is 2. The first-order chi connectivity index (χ1) is 7.20. The highest BCUT2D eigenvalue weighted by molar-refractivity contribution is 5.94. The molecule has 1 amide bonds. The van der Waals surface area contributed by atoms with Crippen molar-refractivity contribution in [1.82, 2.24) is 5.32 Å². The molecule has 0 aliphatic rings. The monoisotopic (exact) mass is 207 g/mol. The number of ether oxygens (including phenoxy) is 1. The van der Waals surface area contributed by atoms with E-state index in [9.17, 15) is 9.59 Å². The molecule has 0 radical (unpaired) electrons. The van der Waals surface area contributed by atoms with E-state index in [1.165, 1.54) is 6.92 Å². The number of amides is 1. The van der Waals surface area contributed by atoms with Gasteiger partial charge in [0.1, 0.15) is 6.61 Å². The summed E-state index contributed by atoms with van der Waals surface area (Å²) in [7, 11) is 0. The molecule has 4 nitrogen and oxygen atoms in total. The minimum Gasteiger partial charge on any atom is -0.464 e. The largest absolute Gasteiger partial charge is 0.464 e. The van der Waals surface area contributed by atoms with Crippen molar-refractivity contribution < 1.29 is 14.3 Å². The quantitative estimate of drug-likeness (QED) is 0.591. The predicted molar refractivity (Wildman–Crippen MR) is 55.4 cm³/mol. The zero-order valence-corrected chi connectivity index (χ0v) is 8.53. The molecule has 0 spiro atoms. The normalized spacial score (nSPS) is 9.40. The van der Waals surface area contributed by atoms with Crippen LogP contribution in [0.5, 0.6) is 0 Å². The van der Waals surface area contributed by atoms with E-state index in [-0.39, 0.29) is 18.5 Å². The second-order valence-electron chi connectivity index (χ2n) is 2.96. The Morgan fingerprint density at radius 2 is 1.93 bits per heavy atom. The number of nitrogens with one attached hydrogen (secondary N) is 1. The Morgan fingerprint density at radius 1 is 1.27 bits per heavy atom. The van der Waals surface area contributed by atoms with E-state index in [1.807, 2.05) is 6.07 Å². The zero-order chi connectivity index (χ0) is 11.1. The molecule has 1 N–H and O–H groups in total. The van der Waals surface area contributed by atoms with Crippen molar-refractivity contribution >= 4 is 11.9 Å². The molecule has 0 aliphatic carbocycles. The fourth-order valence-corrected chi connectivity index (χ4v) is 1.05. The fourth-order valence-electron chi connectivity index (χ4n) is 1.05. The highest BCUT2D eigenvalue weighted by Crippen LogP contribution is 1.97. The summed E-state index contributed by atoms with van der Waals surface area (Å²) in [6.07, 6.45) is 0. The Hall–Kier alpha value is -1.84. The second kappa shape index (κ2) is 5.80. The molecular formula is C11H13NO3. The van der Waals surface area contributed by atoms with Gasteiger partial charge in [0.15, 0.2) is 0 Å². The number of benzene rings is 1. The van der Waals surface area contributed by atoms with E-state index in [4.69, 9.17) is 0 Å². The minimum absolute atomic E-state index is 0.164. The van der Waals surface area contributed by atoms with Gasteiger partial charge in [-0.05, 0) is 12.1 Å². The lowest BCUT2D eigenvalue weighted by Gasteiger charge is -2.04. The van der Waals surface area contributed by atoms with Crippen LogP contribution in [0.4, 0.5) is 0 Å². The van der Waals surface area contributed by atoms with Gasteiger partial charge < -0.3 is 10.1 Å². The molecule has 1 aromatic rings. The summed E-state index contributed by atoms with van der Waals surface area (Å²) in [6.45, 7) is 1.86. The smallest absolute Gasteiger partial charge is 0.302 e. The van der Waals surface area contributed by atoms with Gasteiger partial charge in [-0.15, -0.1) is 0 Å². The molecule has 0 aromatic heterocycles. The lowest BCUT2D eigenvalue weighted by Crippen LogP contribution is -2.27. The van der Waals surface area contributed by atoms with Gasteiger partial charge in [0.2, 0.25) is 0 Å². The van der Waals surface area contributed by atoms with Gasteiger partial charge in [0.05, 0.1) is 6.54 Å². The Balaban J connectivity index is 2.28. The molecular weight excluding hydrogens is 194 g/mol. The van der Waals surface area contributed by atoms with Crippen molar-refractivity contribution in [1.29, 1.82) is 0 Å². The number of hydrogen-bond acceptors (Lipinski definition) is 3. The highest BCUT2D eigenvalue weighted by Gasteiger charge is 2.02. The molecule has 1 aromatic carbocycles. The van der Waals surface area contributed by atoms with Gasteiger partial charge in [-0.3, -0.25) is 9.59 Å².